The zero-order chi connectivity index (χ0) is 13.8. The van der Waals surface area contributed by atoms with Gasteiger partial charge in [-0.25, -0.2) is 0 Å². The summed E-state index contributed by atoms with van der Waals surface area (Å²) in [4.78, 5) is 16.1. The lowest BCUT2D eigenvalue weighted by atomic mass is 10.2. The molecule has 0 radical (unpaired) electrons. The summed E-state index contributed by atoms with van der Waals surface area (Å²) in [6.07, 6.45) is 1.70. The Kier molecular flexibility index (Phi) is 4.29. The van der Waals surface area contributed by atoms with E-state index in [1.165, 1.54) is 6.07 Å². The number of hydrogen-bond acceptors (Lipinski definition) is 4. The van der Waals surface area contributed by atoms with Crippen LogP contribution in [0.4, 0.5) is 0 Å². The Bertz CT molecular complexity index is 601. The van der Waals surface area contributed by atoms with E-state index in [0.717, 1.165) is 11.3 Å². The number of rotatable bonds is 3. The Balaban J connectivity index is 2.05. The predicted molar refractivity (Wildman–Crippen MR) is 72.2 cm³/mol. The van der Waals surface area contributed by atoms with Crippen LogP contribution in [-0.2, 0) is 6.54 Å². The van der Waals surface area contributed by atoms with E-state index in [1.54, 1.807) is 6.20 Å². The molecule has 0 aromatic carbocycles. The molecule has 0 aliphatic rings. The SMILES string of the molecule is Cc1ccc(CNC(=O)c2cc(Cl)nnc2Cl)cn1. The highest BCUT2D eigenvalue weighted by molar-refractivity contribution is 6.34. The molecule has 0 fully saturated rings. The molecule has 2 rings (SSSR count). The lowest BCUT2D eigenvalue weighted by molar-refractivity contribution is 0.0950. The number of carbonyl (C=O) groups excluding carboxylic acids is 1. The topological polar surface area (TPSA) is 67.8 Å². The number of nitrogens with zero attached hydrogens (tertiary/aromatic N) is 3. The number of hydrogen-bond donors (Lipinski definition) is 1. The fraction of sp³-hybridized carbons (Fsp3) is 0.167. The van der Waals surface area contributed by atoms with Crippen molar-refractivity contribution < 1.29 is 4.79 Å². The first-order valence-electron chi connectivity index (χ1n) is 5.44. The van der Waals surface area contributed by atoms with Gasteiger partial charge in [-0.05, 0) is 24.6 Å². The van der Waals surface area contributed by atoms with Crippen LogP contribution in [0.1, 0.15) is 21.6 Å². The van der Waals surface area contributed by atoms with Crippen LogP contribution in [0, 0.1) is 6.92 Å². The molecule has 1 N–H and O–H groups in total. The van der Waals surface area contributed by atoms with Gasteiger partial charge in [0.25, 0.3) is 5.91 Å². The maximum Gasteiger partial charge on any atom is 0.254 e. The van der Waals surface area contributed by atoms with Crippen molar-refractivity contribution in [1.82, 2.24) is 20.5 Å². The summed E-state index contributed by atoms with van der Waals surface area (Å²) in [7, 11) is 0. The molecule has 7 heteroatoms. The summed E-state index contributed by atoms with van der Waals surface area (Å²) < 4.78 is 0. The second-order valence-corrected chi connectivity index (χ2v) is 4.61. The monoisotopic (exact) mass is 296 g/mol. The predicted octanol–water partition coefficient (Wildman–Crippen LogP) is 2.42. The zero-order valence-corrected chi connectivity index (χ0v) is 11.5. The smallest absolute Gasteiger partial charge is 0.254 e. The highest BCUT2D eigenvalue weighted by Gasteiger charge is 2.12. The van der Waals surface area contributed by atoms with Crippen molar-refractivity contribution in [3.8, 4) is 0 Å². The molecule has 19 heavy (non-hydrogen) atoms. The Labute approximate surface area is 120 Å². The number of halogens is 2. The van der Waals surface area contributed by atoms with Crippen molar-refractivity contribution in [1.29, 1.82) is 0 Å². The van der Waals surface area contributed by atoms with Crippen LogP contribution in [0.5, 0.6) is 0 Å². The molecule has 2 heterocycles. The summed E-state index contributed by atoms with van der Waals surface area (Å²) in [5, 5.41) is 9.97. The Morgan fingerprint density at radius 3 is 2.79 bits per heavy atom. The summed E-state index contributed by atoms with van der Waals surface area (Å²) in [6.45, 7) is 2.25. The molecule has 0 saturated heterocycles. The Hall–Kier alpha value is -1.72. The third-order valence-corrected chi connectivity index (χ3v) is 2.85. The fourth-order valence-corrected chi connectivity index (χ4v) is 1.72. The van der Waals surface area contributed by atoms with E-state index in [1.807, 2.05) is 19.1 Å². The third-order valence-electron chi connectivity index (χ3n) is 2.39. The lowest BCUT2D eigenvalue weighted by Crippen LogP contribution is -2.23. The minimum absolute atomic E-state index is 0.0175. The molecule has 0 spiro atoms. The summed E-state index contributed by atoms with van der Waals surface area (Å²) in [6, 6.07) is 5.14. The van der Waals surface area contributed by atoms with E-state index in [-0.39, 0.29) is 21.8 Å². The summed E-state index contributed by atoms with van der Waals surface area (Å²) in [5.74, 6) is -0.359. The molecule has 0 atom stereocenters. The van der Waals surface area contributed by atoms with Crippen molar-refractivity contribution in [2.24, 2.45) is 0 Å². The molecule has 0 bridgehead atoms. The first kappa shape index (κ1) is 13.7. The van der Waals surface area contributed by atoms with E-state index in [9.17, 15) is 4.79 Å². The van der Waals surface area contributed by atoms with Gasteiger partial charge in [0, 0.05) is 18.4 Å². The van der Waals surface area contributed by atoms with Gasteiger partial charge in [0.2, 0.25) is 0 Å². The number of aromatic nitrogens is 3. The molecule has 0 aliphatic heterocycles. The first-order valence-corrected chi connectivity index (χ1v) is 6.20. The van der Waals surface area contributed by atoms with Crippen LogP contribution in [0.3, 0.4) is 0 Å². The normalized spacial score (nSPS) is 10.3. The molecular formula is C12H10Cl2N4O. The maximum absolute atomic E-state index is 11.9. The zero-order valence-electron chi connectivity index (χ0n) is 10.0. The quantitative estimate of drug-likeness (QED) is 0.944. The largest absolute Gasteiger partial charge is 0.348 e. The summed E-state index contributed by atoms with van der Waals surface area (Å²) >= 11 is 11.5. The van der Waals surface area contributed by atoms with Gasteiger partial charge in [0.1, 0.15) is 0 Å². The van der Waals surface area contributed by atoms with Crippen LogP contribution in [-0.4, -0.2) is 21.1 Å². The second kappa shape index (κ2) is 5.95. The average Bonchev–Trinajstić information content (AvgIpc) is 2.40. The van der Waals surface area contributed by atoms with Gasteiger partial charge in [0.15, 0.2) is 10.3 Å². The fourth-order valence-electron chi connectivity index (χ4n) is 1.39. The lowest BCUT2D eigenvalue weighted by Gasteiger charge is -2.06. The van der Waals surface area contributed by atoms with Gasteiger partial charge >= 0.3 is 0 Å². The summed E-state index contributed by atoms with van der Waals surface area (Å²) in [5.41, 5.74) is 2.01. The van der Waals surface area contributed by atoms with Crippen molar-refractivity contribution in [3.63, 3.8) is 0 Å². The highest BCUT2D eigenvalue weighted by Crippen LogP contribution is 2.15. The number of carbonyl (C=O) groups is 1. The first-order chi connectivity index (χ1) is 9.06. The van der Waals surface area contributed by atoms with Gasteiger partial charge in [-0.2, -0.15) is 0 Å². The molecular weight excluding hydrogens is 287 g/mol. The third kappa shape index (κ3) is 3.62. The van der Waals surface area contributed by atoms with Gasteiger partial charge < -0.3 is 5.32 Å². The maximum atomic E-state index is 11.9. The number of nitrogens with one attached hydrogen (secondary N) is 1. The van der Waals surface area contributed by atoms with E-state index in [4.69, 9.17) is 23.2 Å². The van der Waals surface area contributed by atoms with Crippen molar-refractivity contribution in [2.45, 2.75) is 13.5 Å². The highest BCUT2D eigenvalue weighted by atomic mass is 35.5. The molecule has 5 nitrogen and oxygen atoms in total. The molecule has 98 valence electrons. The van der Waals surface area contributed by atoms with E-state index < -0.39 is 0 Å². The molecule has 2 aromatic heterocycles. The molecule has 0 unspecified atom stereocenters. The van der Waals surface area contributed by atoms with E-state index >= 15 is 0 Å². The minimum Gasteiger partial charge on any atom is -0.348 e. The van der Waals surface area contributed by atoms with E-state index in [0.29, 0.717) is 6.54 Å². The molecule has 0 aliphatic carbocycles. The van der Waals surface area contributed by atoms with Crippen LogP contribution in [0.25, 0.3) is 0 Å². The Morgan fingerprint density at radius 2 is 2.11 bits per heavy atom. The van der Waals surface area contributed by atoms with Crippen LogP contribution < -0.4 is 5.32 Å². The van der Waals surface area contributed by atoms with Crippen LogP contribution >= 0.6 is 23.2 Å². The van der Waals surface area contributed by atoms with E-state index in [2.05, 4.69) is 20.5 Å². The second-order valence-electron chi connectivity index (χ2n) is 3.86. The number of aryl methyl sites for hydroxylation is 1. The van der Waals surface area contributed by atoms with Gasteiger partial charge in [0.05, 0.1) is 5.56 Å². The molecule has 2 aromatic rings. The minimum atomic E-state index is -0.359. The average molecular weight is 297 g/mol. The van der Waals surface area contributed by atoms with Gasteiger partial charge in [-0.3, -0.25) is 9.78 Å². The van der Waals surface area contributed by atoms with Crippen molar-refractivity contribution in [3.05, 3.63) is 51.5 Å². The van der Waals surface area contributed by atoms with Gasteiger partial charge in [-0.1, -0.05) is 29.3 Å². The Morgan fingerprint density at radius 1 is 1.32 bits per heavy atom. The van der Waals surface area contributed by atoms with Crippen LogP contribution in [0.2, 0.25) is 10.3 Å². The van der Waals surface area contributed by atoms with Crippen molar-refractivity contribution in [2.75, 3.05) is 0 Å². The number of pyridine rings is 1. The van der Waals surface area contributed by atoms with Gasteiger partial charge in [-0.15, -0.1) is 10.2 Å². The van der Waals surface area contributed by atoms with Crippen molar-refractivity contribution >= 4 is 29.1 Å². The molecule has 1 amide bonds. The molecule has 0 saturated carbocycles. The van der Waals surface area contributed by atoms with Crippen LogP contribution in [0.15, 0.2) is 24.4 Å². The number of amides is 1. The standard InChI is InChI=1S/C12H10Cl2N4O/c1-7-2-3-8(5-15-7)6-16-12(19)9-4-10(13)17-18-11(9)14/h2-5H,6H2,1H3,(H,16,19).